The van der Waals surface area contributed by atoms with Crippen LogP contribution in [-0.4, -0.2) is 86.1 Å². The molecule has 0 N–H and O–H groups in total. The van der Waals surface area contributed by atoms with E-state index in [1.165, 1.54) is 0 Å². The van der Waals surface area contributed by atoms with Crippen LogP contribution >= 0.6 is 0 Å². The number of hydrogen-bond donors (Lipinski definition) is 0. The maximum Gasteiger partial charge on any atom is 0.343 e. The molecule has 0 radical (unpaired) electrons. The summed E-state index contributed by atoms with van der Waals surface area (Å²) in [5, 5.41) is 3.03. The van der Waals surface area contributed by atoms with Gasteiger partial charge in [-0.05, 0) is 166 Å². The van der Waals surface area contributed by atoms with Crippen LogP contribution in [0.3, 0.4) is 0 Å². The van der Waals surface area contributed by atoms with E-state index in [0.717, 1.165) is 55.0 Å². The smallest absolute Gasteiger partial charge is 0.343 e. The number of esters is 5. The van der Waals surface area contributed by atoms with Gasteiger partial charge in [0.2, 0.25) is 0 Å². The van der Waals surface area contributed by atoms with Crippen molar-refractivity contribution >= 4 is 73.5 Å². The van der Waals surface area contributed by atoms with Crippen LogP contribution in [0, 0.1) is 11.8 Å². The zero-order valence-electron chi connectivity index (χ0n) is 43.2. The SMILES string of the molecule is C=CC(=O)OCCCCCCOc1ccc(C(=O)Oc2ccc3c4ccc(OC(=O)C5CCC(C(=O)Oc6ccc(OCCCOC(=O)C=C)cc6)CC5)cc4c4nc5ccc(OCCOCCC)cc5nc4c3c2)cc1. The first-order valence-electron chi connectivity index (χ1n) is 26.1. The fraction of sp³-hybridized carbons (Fsp3) is 0.328. The van der Waals surface area contributed by atoms with Crippen molar-refractivity contribution in [1.29, 1.82) is 0 Å². The molecule has 1 heterocycles. The van der Waals surface area contributed by atoms with Gasteiger partial charge in [-0.2, -0.15) is 0 Å². The van der Waals surface area contributed by atoms with Crippen molar-refractivity contribution in [3.05, 3.63) is 134 Å². The number of aromatic nitrogens is 2. The number of carbonyl (C=O) groups excluding carboxylic acids is 5. The number of nitrogens with zero attached hydrogens (tertiary/aromatic N) is 2. The highest BCUT2D eigenvalue weighted by Gasteiger charge is 2.32. The number of rotatable bonds is 27. The molecule has 0 unspecified atom stereocenters. The molecule has 0 saturated heterocycles. The lowest BCUT2D eigenvalue weighted by molar-refractivity contribution is -0.145. The maximum atomic E-state index is 13.7. The van der Waals surface area contributed by atoms with E-state index in [1.54, 1.807) is 72.8 Å². The second kappa shape index (κ2) is 27.4. The summed E-state index contributed by atoms with van der Waals surface area (Å²) in [5.41, 5.74) is 2.64. The van der Waals surface area contributed by atoms with Crippen LogP contribution in [0.2, 0.25) is 0 Å². The van der Waals surface area contributed by atoms with Crippen LogP contribution in [0.1, 0.15) is 81.5 Å². The van der Waals surface area contributed by atoms with Crippen LogP contribution < -0.4 is 28.4 Å². The molecule has 0 atom stereocenters. The maximum absolute atomic E-state index is 13.7. The third-order valence-electron chi connectivity index (χ3n) is 12.9. The van der Waals surface area contributed by atoms with Crippen LogP contribution in [0.15, 0.2) is 128 Å². The molecule has 1 fully saturated rings. The van der Waals surface area contributed by atoms with Crippen LogP contribution in [-0.2, 0) is 33.4 Å². The highest BCUT2D eigenvalue weighted by Crippen LogP contribution is 2.39. The van der Waals surface area contributed by atoms with Gasteiger partial charge in [-0.3, -0.25) is 9.59 Å². The van der Waals surface area contributed by atoms with Crippen molar-refractivity contribution in [1.82, 2.24) is 9.97 Å². The Hall–Kier alpha value is -8.37. The molecule has 8 rings (SSSR count). The predicted molar refractivity (Wildman–Crippen MR) is 290 cm³/mol. The Morgan fingerprint density at radius 2 is 0.948 bits per heavy atom. The second-order valence-electron chi connectivity index (χ2n) is 18.4. The molecule has 16 nitrogen and oxygen atoms in total. The lowest BCUT2D eigenvalue weighted by Crippen LogP contribution is -2.30. The van der Waals surface area contributed by atoms with Crippen molar-refractivity contribution in [3.63, 3.8) is 0 Å². The van der Waals surface area contributed by atoms with E-state index in [2.05, 4.69) is 13.2 Å². The third kappa shape index (κ3) is 15.2. The van der Waals surface area contributed by atoms with Crippen LogP contribution in [0.25, 0.3) is 43.6 Å². The molecule has 1 aliphatic carbocycles. The lowest BCUT2D eigenvalue weighted by Gasteiger charge is -2.25. The summed E-state index contributed by atoms with van der Waals surface area (Å²) < 4.78 is 50.8. The summed E-state index contributed by atoms with van der Waals surface area (Å²) in [6.07, 6.45) is 8.94. The van der Waals surface area contributed by atoms with Gasteiger partial charge >= 0.3 is 29.8 Å². The van der Waals surface area contributed by atoms with Gasteiger partial charge in [-0.25, -0.2) is 24.4 Å². The summed E-state index contributed by atoms with van der Waals surface area (Å²) >= 11 is 0. The van der Waals surface area contributed by atoms with Gasteiger partial charge in [0, 0.05) is 42.0 Å². The second-order valence-corrected chi connectivity index (χ2v) is 18.4. The molecule has 0 amide bonds. The van der Waals surface area contributed by atoms with Gasteiger partial charge < -0.3 is 42.6 Å². The van der Waals surface area contributed by atoms with Crippen molar-refractivity contribution in [3.8, 4) is 34.5 Å². The quantitative estimate of drug-likeness (QED) is 0.0118. The molecule has 1 aliphatic rings. The fourth-order valence-electron chi connectivity index (χ4n) is 8.88. The Morgan fingerprint density at radius 3 is 1.55 bits per heavy atom. The van der Waals surface area contributed by atoms with E-state index >= 15 is 0 Å². The zero-order chi connectivity index (χ0) is 53.9. The van der Waals surface area contributed by atoms with E-state index in [1.807, 2.05) is 37.3 Å². The Morgan fingerprint density at radius 1 is 0.468 bits per heavy atom. The summed E-state index contributed by atoms with van der Waals surface area (Å²) in [6.45, 7) is 11.7. The summed E-state index contributed by atoms with van der Waals surface area (Å²) in [7, 11) is 0. The van der Waals surface area contributed by atoms with E-state index in [0.29, 0.717) is 145 Å². The van der Waals surface area contributed by atoms with Crippen molar-refractivity contribution in [2.24, 2.45) is 11.8 Å². The van der Waals surface area contributed by atoms with E-state index in [-0.39, 0.29) is 24.5 Å². The van der Waals surface area contributed by atoms with Gasteiger partial charge in [0.15, 0.2) is 0 Å². The van der Waals surface area contributed by atoms with Crippen LogP contribution in [0.4, 0.5) is 0 Å². The first-order valence-corrected chi connectivity index (χ1v) is 26.1. The average molecular weight is 1050 g/mol. The van der Waals surface area contributed by atoms with Crippen molar-refractivity contribution < 1.29 is 66.6 Å². The van der Waals surface area contributed by atoms with Gasteiger partial charge in [0.1, 0.15) is 41.1 Å². The summed E-state index contributed by atoms with van der Waals surface area (Å²) in [6, 6.07) is 29.9. The van der Waals surface area contributed by atoms with Gasteiger partial charge in [0.25, 0.3) is 0 Å². The third-order valence-corrected chi connectivity index (χ3v) is 12.9. The minimum atomic E-state index is -0.548. The fourth-order valence-corrected chi connectivity index (χ4v) is 8.88. The topological polar surface area (TPSA) is 194 Å². The summed E-state index contributed by atoms with van der Waals surface area (Å²) in [5.74, 6) is -0.128. The van der Waals surface area contributed by atoms with Gasteiger partial charge in [0.05, 0.1) is 72.5 Å². The minimum Gasteiger partial charge on any atom is -0.494 e. The van der Waals surface area contributed by atoms with E-state index in [4.69, 9.17) is 52.6 Å². The van der Waals surface area contributed by atoms with Crippen molar-refractivity contribution in [2.45, 2.75) is 71.1 Å². The molecular formula is C61H62N2O14. The number of unbranched alkanes of at least 4 members (excludes halogenated alkanes) is 3. The molecule has 0 bridgehead atoms. The normalized spacial score (nSPS) is 14.1. The molecular weight excluding hydrogens is 985 g/mol. The Kier molecular flexibility index (Phi) is 19.5. The number of carbonyl (C=O) groups is 5. The zero-order valence-corrected chi connectivity index (χ0v) is 43.2. The largest absolute Gasteiger partial charge is 0.494 e. The molecule has 7 aromatic rings. The van der Waals surface area contributed by atoms with Gasteiger partial charge in [-0.15, -0.1) is 0 Å². The first-order chi connectivity index (χ1) is 37.6. The standard InChI is InChI=1S/C61H62N2O14/c1-4-30-69-35-36-72-46-26-29-53-54(39-46)63-58-52-38-48(77-61(68)42-16-18-43(19-17-42)70-31-9-7-8-10-32-73-55(64)5-2)25-28-50(52)49-27-24-47(37-51(49)57(58)62-53)76-60(67)41-14-12-40(13-15-41)59(66)75-45-22-20-44(21-23-45)71-33-11-34-74-56(65)6-3/h5-6,16-29,37-41H,2-4,7-15,30-36H2,1H3. The van der Waals surface area contributed by atoms with E-state index in [9.17, 15) is 24.0 Å². The summed E-state index contributed by atoms with van der Waals surface area (Å²) in [4.78, 5) is 73.1. The Labute approximate surface area is 446 Å². The molecule has 0 spiro atoms. The number of hydrogen-bond acceptors (Lipinski definition) is 16. The number of ether oxygens (including phenoxy) is 9. The number of benzene rings is 6. The highest BCUT2D eigenvalue weighted by molar-refractivity contribution is 6.24. The van der Waals surface area contributed by atoms with E-state index < -0.39 is 23.8 Å². The lowest BCUT2D eigenvalue weighted by atomic mass is 9.82. The first kappa shape index (κ1) is 54.9. The Bertz CT molecular complexity index is 3220. The Balaban J connectivity index is 0.933. The predicted octanol–water partition coefficient (Wildman–Crippen LogP) is 11.6. The molecule has 0 aliphatic heterocycles. The molecule has 6 aromatic carbocycles. The molecule has 77 heavy (non-hydrogen) atoms. The van der Waals surface area contributed by atoms with Crippen LogP contribution in [0.5, 0.6) is 34.5 Å². The molecule has 400 valence electrons. The van der Waals surface area contributed by atoms with Crippen molar-refractivity contribution in [2.75, 3.05) is 46.2 Å². The number of fused-ring (bicyclic) bond motifs is 7. The van der Waals surface area contributed by atoms with Gasteiger partial charge in [-0.1, -0.05) is 20.1 Å². The monoisotopic (exact) mass is 1050 g/mol. The minimum absolute atomic E-state index is 0.216. The average Bonchev–Trinajstić information content (AvgIpc) is 3.55. The molecule has 1 aromatic heterocycles. The molecule has 16 heteroatoms. The highest BCUT2D eigenvalue weighted by atomic mass is 16.6. The molecule has 1 saturated carbocycles.